The number of nitrogens with one attached hydrogen (secondary N) is 2. The SMILES string of the molecule is COc1ccc(F)cc1CC(=O)NCC1CCNC1. The number of benzene rings is 1. The van der Waals surface area contributed by atoms with Crippen molar-refractivity contribution in [3.63, 3.8) is 0 Å². The summed E-state index contributed by atoms with van der Waals surface area (Å²) in [5.74, 6) is 0.580. The van der Waals surface area contributed by atoms with Crippen LogP contribution in [0.25, 0.3) is 0 Å². The van der Waals surface area contributed by atoms with Crippen LogP contribution in [0.15, 0.2) is 18.2 Å². The van der Waals surface area contributed by atoms with E-state index in [0.717, 1.165) is 19.5 Å². The van der Waals surface area contributed by atoms with E-state index in [1.807, 2.05) is 0 Å². The van der Waals surface area contributed by atoms with Crippen LogP contribution in [0.2, 0.25) is 0 Å². The normalized spacial score (nSPS) is 18.3. The summed E-state index contributed by atoms with van der Waals surface area (Å²) in [6, 6.07) is 4.21. The highest BCUT2D eigenvalue weighted by Gasteiger charge is 2.16. The van der Waals surface area contributed by atoms with E-state index in [1.165, 1.54) is 19.2 Å². The van der Waals surface area contributed by atoms with Crippen LogP contribution in [-0.2, 0) is 11.2 Å². The fourth-order valence-corrected chi connectivity index (χ4v) is 2.27. The van der Waals surface area contributed by atoms with Crippen molar-refractivity contribution in [3.05, 3.63) is 29.6 Å². The molecule has 0 aliphatic carbocycles. The van der Waals surface area contributed by atoms with Crippen molar-refractivity contribution in [2.24, 2.45) is 5.92 Å². The highest BCUT2D eigenvalue weighted by atomic mass is 19.1. The maximum absolute atomic E-state index is 13.2. The molecule has 0 radical (unpaired) electrons. The van der Waals surface area contributed by atoms with Crippen molar-refractivity contribution in [3.8, 4) is 5.75 Å². The van der Waals surface area contributed by atoms with E-state index < -0.39 is 0 Å². The lowest BCUT2D eigenvalue weighted by molar-refractivity contribution is -0.120. The van der Waals surface area contributed by atoms with Crippen LogP contribution in [0.5, 0.6) is 5.75 Å². The van der Waals surface area contributed by atoms with E-state index in [4.69, 9.17) is 4.74 Å². The fourth-order valence-electron chi connectivity index (χ4n) is 2.27. The largest absolute Gasteiger partial charge is 0.496 e. The van der Waals surface area contributed by atoms with E-state index in [1.54, 1.807) is 6.07 Å². The maximum atomic E-state index is 13.2. The van der Waals surface area contributed by atoms with Gasteiger partial charge in [-0.15, -0.1) is 0 Å². The first kappa shape index (κ1) is 13.8. The molecule has 2 N–H and O–H groups in total. The van der Waals surface area contributed by atoms with Crippen LogP contribution < -0.4 is 15.4 Å². The third-order valence-corrected chi connectivity index (χ3v) is 3.34. The van der Waals surface area contributed by atoms with Crippen LogP contribution >= 0.6 is 0 Å². The van der Waals surface area contributed by atoms with Crippen molar-refractivity contribution in [2.45, 2.75) is 12.8 Å². The smallest absolute Gasteiger partial charge is 0.224 e. The second-order valence-corrected chi connectivity index (χ2v) is 4.80. The lowest BCUT2D eigenvalue weighted by atomic mass is 10.1. The summed E-state index contributed by atoms with van der Waals surface area (Å²) in [7, 11) is 1.51. The number of hydrogen-bond donors (Lipinski definition) is 2. The van der Waals surface area contributed by atoms with Crippen molar-refractivity contribution < 1.29 is 13.9 Å². The van der Waals surface area contributed by atoms with E-state index in [2.05, 4.69) is 10.6 Å². The summed E-state index contributed by atoms with van der Waals surface area (Å²) >= 11 is 0. The lowest BCUT2D eigenvalue weighted by Crippen LogP contribution is -2.31. The van der Waals surface area contributed by atoms with Crippen LogP contribution in [0.4, 0.5) is 4.39 Å². The first-order valence-corrected chi connectivity index (χ1v) is 6.49. The molecule has 1 aromatic carbocycles. The predicted molar refractivity (Wildman–Crippen MR) is 70.6 cm³/mol. The molecule has 0 bridgehead atoms. The van der Waals surface area contributed by atoms with E-state index in [-0.39, 0.29) is 18.1 Å². The van der Waals surface area contributed by atoms with Crippen LogP contribution in [0.3, 0.4) is 0 Å². The quantitative estimate of drug-likeness (QED) is 0.839. The second kappa shape index (κ2) is 6.52. The monoisotopic (exact) mass is 266 g/mol. The Balaban J connectivity index is 1.88. The number of halogens is 1. The number of rotatable bonds is 5. The molecule has 0 spiro atoms. The molecule has 19 heavy (non-hydrogen) atoms. The third kappa shape index (κ3) is 3.92. The molecule has 5 heteroatoms. The number of hydrogen-bond acceptors (Lipinski definition) is 3. The van der Waals surface area contributed by atoms with Gasteiger partial charge < -0.3 is 15.4 Å². The highest BCUT2D eigenvalue weighted by molar-refractivity contribution is 5.79. The summed E-state index contributed by atoms with van der Waals surface area (Å²) in [6.45, 7) is 2.63. The van der Waals surface area contributed by atoms with Gasteiger partial charge in [-0.1, -0.05) is 0 Å². The van der Waals surface area contributed by atoms with Gasteiger partial charge in [-0.25, -0.2) is 4.39 Å². The van der Waals surface area contributed by atoms with Crippen molar-refractivity contribution in [2.75, 3.05) is 26.7 Å². The van der Waals surface area contributed by atoms with Crippen LogP contribution in [0, 0.1) is 11.7 Å². The first-order chi connectivity index (χ1) is 9.19. The predicted octanol–water partition coefficient (Wildman–Crippen LogP) is 1.10. The topological polar surface area (TPSA) is 50.4 Å². The summed E-state index contributed by atoms with van der Waals surface area (Å²) < 4.78 is 18.3. The summed E-state index contributed by atoms with van der Waals surface area (Å²) in [6.07, 6.45) is 1.23. The Morgan fingerprint density at radius 2 is 2.42 bits per heavy atom. The van der Waals surface area contributed by atoms with Crippen LogP contribution in [-0.4, -0.2) is 32.7 Å². The average Bonchev–Trinajstić information content (AvgIpc) is 2.90. The lowest BCUT2D eigenvalue weighted by Gasteiger charge is -2.11. The number of carbonyl (C=O) groups is 1. The summed E-state index contributed by atoms with van der Waals surface area (Å²) in [4.78, 5) is 11.8. The van der Waals surface area contributed by atoms with Gasteiger partial charge in [0.1, 0.15) is 11.6 Å². The zero-order valence-corrected chi connectivity index (χ0v) is 11.0. The van der Waals surface area contributed by atoms with E-state index >= 15 is 0 Å². The molecule has 0 saturated carbocycles. The average molecular weight is 266 g/mol. The number of ether oxygens (including phenoxy) is 1. The first-order valence-electron chi connectivity index (χ1n) is 6.49. The Bertz CT molecular complexity index is 445. The van der Waals surface area contributed by atoms with E-state index in [0.29, 0.717) is 23.8 Å². The molecule has 1 unspecified atom stereocenters. The Kier molecular flexibility index (Phi) is 4.74. The molecule has 1 saturated heterocycles. The van der Waals surface area contributed by atoms with Gasteiger partial charge in [0.15, 0.2) is 0 Å². The Hall–Kier alpha value is -1.62. The van der Waals surface area contributed by atoms with Crippen molar-refractivity contribution in [1.29, 1.82) is 0 Å². The van der Waals surface area contributed by atoms with Crippen LogP contribution in [0.1, 0.15) is 12.0 Å². The molecule has 1 amide bonds. The molecule has 1 atom stereocenters. The molecule has 0 aromatic heterocycles. The summed E-state index contributed by atoms with van der Waals surface area (Å²) in [5.41, 5.74) is 0.574. The molecule has 1 fully saturated rings. The zero-order chi connectivity index (χ0) is 13.7. The fraction of sp³-hybridized carbons (Fsp3) is 0.500. The molecule has 1 heterocycles. The number of carbonyl (C=O) groups excluding carboxylic acids is 1. The second-order valence-electron chi connectivity index (χ2n) is 4.80. The van der Waals surface area contributed by atoms with Gasteiger partial charge in [0.05, 0.1) is 13.5 Å². The highest BCUT2D eigenvalue weighted by Crippen LogP contribution is 2.19. The van der Waals surface area contributed by atoms with E-state index in [9.17, 15) is 9.18 Å². The Labute approximate surface area is 112 Å². The minimum absolute atomic E-state index is 0.101. The summed E-state index contributed by atoms with van der Waals surface area (Å²) in [5, 5.41) is 6.14. The molecule has 2 rings (SSSR count). The Morgan fingerprint density at radius 3 is 3.11 bits per heavy atom. The van der Waals surface area contributed by atoms with Gasteiger partial charge in [0.25, 0.3) is 0 Å². The molecular formula is C14H19FN2O2. The molecule has 1 aromatic rings. The van der Waals surface area contributed by atoms with Gasteiger partial charge in [-0.05, 0) is 43.6 Å². The zero-order valence-electron chi connectivity index (χ0n) is 11.0. The molecule has 1 aliphatic heterocycles. The minimum Gasteiger partial charge on any atom is -0.496 e. The number of methoxy groups -OCH3 is 1. The standard InChI is InChI=1S/C14H19FN2O2/c1-19-13-3-2-12(15)6-11(13)7-14(18)17-9-10-4-5-16-8-10/h2-3,6,10,16H,4-5,7-9H2,1H3,(H,17,18). The minimum atomic E-state index is -0.358. The number of amides is 1. The van der Waals surface area contributed by atoms with Gasteiger partial charge in [0, 0.05) is 12.1 Å². The van der Waals surface area contributed by atoms with Crippen molar-refractivity contribution in [1.82, 2.24) is 10.6 Å². The Morgan fingerprint density at radius 1 is 1.58 bits per heavy atom. The van der Waals surface area contributed by atoms with Gasteiger partial charge in [-0.2, -0.15) is 0 Å². The molecule has 104 valence electrons. The van der Waals surface area contributed by atoms with Gasteiger partial charge in [0.2, 0.25) is 5.91 Å². The maximum Gasteiger partial charge on any atom is 0.224 e. The molecule has 1 aliphatic rings. The van der Waals surface area contributed by atoms with Gasteiger partial charge >= 0.3 is 0 Å². The third-order valence-electron chi connectivity index (χ3n) is 3.34. The molecule has 4 nitrogen and oxygen atoms in total. The van der Waals surface area contributed by atoms with Crippen molar-refractivity contribution >= 4 is 5.91 Å². The molecular weight excluding hydrogens is 247 g/mol. The van der Waals surface area contributed by atoms with Gasteiger partial charge in [-0.3, -0.25) is 4.79 Å².